The third-order valence-corrected chi connectivity index (χ3v) is 3.56. The Hall–Kier alpha value is -1.65. The second-order valence-electron chi connectivity index (χ2n) is 5.59. The van der Waals surface area contributed by atoms with Crippen molar-refractivity contribution in [2.24, 2.45) is 5.92 Å². The predicted octanol–water partition coefficient (Wildman–Crippen LogP) is 3.55. The van der Waals surface area contributed by atoms with Gasteiger partial charge in [0.2, 0.25) is 0 Å². The summed E-state index contributed by atoms with van der Waals surface area (Å²) in [5.74, 6) is -0.392. The second kappa shape index (κ2) is 7.96. The summed E-state index contributed by atoms with van der Waals surface area (Å²) in [6.07, 6.45) is 3.18. The maximum atomic E-state index is 14.3. The number of anilines is 1. The molecule has 0 spiro atoms. The maximum absolute atomic E-state index is 14.3. The number of carbonyl (C=O) groups excluding carboxylic acids is 1. The van der Waals surface area contributed by atoms with Crippen LogP contribution >= 0.6 is 0 Å². The Balaban J connectivity index is 3.16. The lowest BCUT2D eigenvalue weighted by Crippen LogP contribution is -2.42. The SMILES string of the molecule is CCC(CC)N(CC(C)C)C(=O)c1ccnc(NC)c1F. The fraction of sp³-hybridized carbons (Fsp3) is 0.625. The van der Waals surface area contributed by atoms with Crippen LogP contribution < -0.4 is 5.32 Å². The average Bonchev–Trinajstić information content (AvgIpc) is 2.46. The molecular formula is C16H26FN3O. The van der Waals surface area contributed by atoms with E-state index in [4.69, 9.17) is 0 Å². The first-order valence-electron chi connectivity index (χ1n) is 7.59. The van der Waals surface area contributed by atoms with Crippen LogP contribution in [0.1, 0.15) is 50.9 Å². The van der Waals surface area contributed by atoms with Gasteiger partial charge in [0, 0.05) is 25.8 Å². The van der Waals surface area contributed by atoms with Crippen LogP contribution in [0.2, 0.25) is 0 Å². The highest BCUT2D eigenvalue weighted by molar-refractivity contribution is 5.95. The summed E-state index contributed by atoms with van der Waals surface area (Å²) in [7, 11) is 1.59. The van der Waals surface area contributed by atoms with Gasteiger partial charge in [0.25, 0.3) is 5.91 Å². The number of amides is 1. The summed E-state index contributed by atoms with van der Waals surface area (Å²) in [6.45, 7) is 8.85. The minimum Gasteiger partial charge on any atom is -0.371 e. The number of halogens is 1. The van der Waals surface area contributed by atoms with Gasteiger partial charge in [0.15, 0.2) is 11.6 Å². The lowest BCUT2D eigenvalue weighted by Gasteiger charge is -2.32. The third-order valence-electron chi connectivity index (χ3n) is 3.56. The molecule has 118 valence electrons. The minimum absolute atomic E-state index is 0.0851. The van der Waals surface area contributed by atoms with E-state index in [0.29, 0.717) is 12.5 Å². The molecule has 4 nitrogen and oxygen atoms in total. The van der Waals surface area contributed by atoms with Gasteiger partial charge in [-0.2, -0.15) is 0 Å². The number of hydrogen-bond acceptors (Lipinski definition) is 3. The second-order valence-corrected chi connectivity index (χ2v) is 5.59. The molecule has 0 radical (unpaired) electrons. The van der Waals surface area contributed by atoms with Crippen molar-refractivity contribution in [2.75, 3.05) is 18.9 Å². The summed E-state index contributed by atoms with van der Waals surface area (Å²) < 4.78 is 14.3. The molecule has 0 unspecified atom stereocenters. The molecule has 0 aromatic carbocycles. The quantitative estimate of drug-likeness (QED) is 0.836. The molecule has 1 amide bonds. The van der Waals surface area contributed by atoms with Gasteiger partial charge in [-0.15, -0.1) is 0 Å². The van der Waals surface area contributed by atoms with Crippen LogP contribution in [0, 0.1) is 11.7 Å². The van der Waals surface area contributed by atoms with Crippen molar-refractivity contribution >= 4 is 11.7 Å². The van der Waals surface area contributed by atoms with Crippen molar-refractivity contribution in [2.45, 2.75) is 46.6 Å². The van der Waals surface area contributed by atoms with Crippen LogP contribution in [-0.4, -0.2) is 35.4 Å². The minimum atomic E-state index is -0.579. The van der Waals surface area contributed by atoms with Gasteiger partial charge in [-0.25, -0.2) is 9.37 Å². The smallest absolute Gasteiger partial charge is 0.257 e. The van der Waals surface area contributed by atoms with Crippen molar-refractivity contribution < 1.29 is 9.18 Å². The van der Waals surface area contributed by atoms with Crippen LogP contribution in [0.4, 0.5) is 10.2 Å². The molecule has 21 heavy (non-hydrogen) atoms. The molecule has 0 atom stereocenters. The standard InChI is InChI=1S/C16H26FN3O/c1-6-12(7-2)20(10-11(3)4)16(21)13-8-9-19-15(18-5)14(13)17/h8-9,11-12H,6-7,10H2,1-5H3,(H,18,19). The largest absolute Gasteiger partial charge is 0.371 e. The van der Waals surface area contributed by atoms with E-state index in [2.05, 4.69) is 38.0 Å². The molecule has 0 bridgehead atoms. The number of carbonyl (C=O) groups is 1. The van der Waals surface area contributed by atoms with Gasteiger partial charge in [-0.1, -0.05) is 27.7 Å². The van der Waals surface area contributed by atoms with Gasteiger partial charge in [-0.05, 0) is 24.8 Å². The van der Waals surface area contributed by atoms with Crippen LogP contribution in [0.5, 0.6) is 0 Å². The Morgan fingerprint density at radius 2 is 2.00 bits per heavy atom. The molecule has 5 heteroatoms. The molecule has 0 aliphatic heterocycles. The van der Waals surface area contributed by atoms with Gasteiger partial charge in [0.1, 0.15) is 0 Å². The lowest BCUT2D eigenvalue weighted by molar-refractivity contribution is 0.0635. The number of aromatic nitrogens is 1. The van der Waals surface area contributed by atoms with Gasteiger partial charge in [0.05, 0.1) is 5.56 Å². The monoisotopic (exact) mass is 295 g/mol. The lowest BCUT2D eigenvalue weighted by atomic mass is 10.1. The van der Waals surface area contributed by atoms with Crippen molar-refractivity contribution in [3.8, 4) is 0 Å². The fourth-order valence-electron chi connectivity index (χ4n) is 2.46. The van der Waals surface area contributed by atoms with E-state index in [-0.39, 0.29) is 23.3 Å². The van der Waals surface area contributed by atoms with E-state index in [0.717, 1.165) is 12.8 Å². The average molecular weight is 295 g/mol. The molecule has 1 aromatic rings. The van der Waals surface area contributed by atoms with Crippen molar-refractivity contribution in [3.63, 3.8) is 0 Å². The topological polar surface area (TPSA) is 45.2 Å². The molecule has 0 fully saturated rings. The summed E-state index contributed by atoms with van der Waals surface area (Å²) in [6, 6.07) is 1.58. The Morgan fingerprint density at radius 1 is 1.38 bits per heavy atom. The fourth-order valence-corrected chi connectivity index (χ4v) is 2.46. The summed E-state index contributed by atoms with van der Waals surface area (Å²) in [5.41, 5.74) is 0.0851. The van der Waals surface area contributed by atoms with Crippen molar-refractivity contribution in [1.29, 1.82) is 0 Å². The van der Waals surface area contributed by atoms with E-state index in [1.807, 2.05) is 0 Å². The summed E-state index contributed by atoms with van der Waals surface area (Å²) in [4.78, 5) is 18.4. The Kier molecular flexibility index (Phi) is 6.59. The number of nitrogens with one attached hydrogen (secondary N) is 1. The highest BCUT2D eigenvalue weighted by atomic mass is 19.1. The number of pyridine rings is 1. The number of rotatable bonds is 7. The zero-order valence-electron chi connectivity index (χ0n) is 13.6. The van der Waals surface area contributed by atoms with E-state index in [1.165, 1.54) is 12.3 Å². The molecule has 0 aliphatic carbocycles. The summed E-state index contributed by atoms with van der Waals surface area (Å²) >= 11 is 0. The van der Waals surface area contributed by atoms with E-state index in [1.54, 1.807) is 11.9 Å². The normalized spacial score (nSPS) is 11.0. The Morgan fingerprint density at radius 3 is 2.48 bits per heavy atom. The third kappa shape index (κ3) is 4.16. The van der Waals surface area contributed by atoms with Crippen LogP contribution in [0.25, 0.3) is 0 Å². The van der Waals surface area contributed by atoms with Gasteiger partial charge >= 0.3 is 0 Å². The highest BCUT2D eigenvalue weighted by Gasteiger charge is 2.26. The van der Waals surface area contributed by atoms with Crippen molar-refractivity contribution in [1.82, 2.24) is 9.88 Å². The van der Waals surface area contributed by atoms with Crippen LogP contribution in [-0.2, 0) is 0 Å². The summed E-state index contributed by atoms with van der Waals surface area (Å²) in [5, 5.41) is 2.67. The van der Waals surface area contributed by atoms with E-state index in [9.17, 15) is 9.18 Å². The first kappa shape index (κ1) is 17.4. The Labute approximate surface area is 126 Å². The molecule has 0 aliphatic rings. The Bertz CT molecular complexity index is 473. The molecule has 1 heterocycles. The van der Waals surface area contributed by atoms with Crippen LogP contribution in [0.15, 0.2) is 12.3 Å². The number of hydrogen-bond donors (Lipinski definition) is 1. The van der Waals surface area contributed by atoms with Gasteiger partial charge < -0.3 is 10.2 Å². The molecule has 1 N–H and O–H groups in total. The van der Waals surface area contributed by atoms with Crippen molar-refractivity contribution in [3.05, 3.63) is 23.6 Å². The van der Waals surface area contributed by atoms with E-state index < -0.39 is 5.82 Å². The zero-order valence-corrected chi connectivity index (χ0v) is 13.6. The molecule has 0 saturated carbocycles. The molecule has 1 rings (SSSR count). The molecular weight excluding hydrogens is 269 g/mol. The van der Waals surface area contributed by atoms with Gasteiger partial charge in [-0.3, -0.25) is 4.79 Å². The predicted molar refractivity (Wildman–Crippen MR) is 84.0 cm³/mol. The zero-order chi connectivity index (χ0) is 16.0. The number of nitrogens with zero attached hydrogens (tertiary/aromatic N) is 2. The first-order valence-corrected chi connectivity index (χ1v) is 7.59. The maximum Gasteiger partial charge on any atom is 0.257 e. The highest BCUT2D eigenvalue weighted by Crippen LogP contribution is 2.20. The first-order chi connectivity index (χ1) is 9.96. The molecule has 1 aromatic heterocycles. The van der Waals surface area contributed by atoms with Crippen LogP contribution in [0.3, 0.4) is 0 Å². The van der Waals surface area contributed by atoms with E-state index >= 15 is 0 Å². The molecule has 0 saturated heterocycles.